The Hall–Kier alpha value is -3.11. The molecular weight excluding hydrogens is 374 g/mol. The molecule has 0 aliphatic heterocycles. The highest BCUT2D eigenvalue weighted by atomic mass is 16.5. The zero-order valence-electron chi connectivity index (χ0n) is 17.4. The molecule has 30 heavy (non-hydrogen) atoms. The summed E-state index contributed by atoms with van der Waals surface area (Å²) < 4.78 is 5.91. The second-order valence-corrected chi connectivity index (χ2v) is 7.67. The maximum atomic E-state index is 11.3. The van der Waals surface area contributed by atoms with E-state index in [0.717, 1.165) is 35.3 Å². The summed E-state index contributed by atoms with van der Waals surface area (Å²) in [4.78, 5) is 11.3. The quantitative estimate of drug-likeness (QED) is 0.709. The van der Waals surface area contributed by atoms with E-state index in [1.165, 1.54) is 5.56 Å². The molecule has 4 heteroatoms. The first kappa shape index (κ1) is 21.6. The molecule has 1 aliphatic carbocycles. The Morgan fingerprint density at radius 2 is 1.70 bits per heavy atom. The number of fused-ring (bicyclic) bond motifs is 1. The fourth-order valence-corrected chi connectivity index (χ4v) is 3.71. The first-order chi connectivity index (χ1) is 14.6. The highest BCUT2D eigenvalue weighted by Crippen LogP contribution is 2.36. The Labute approximate surface area is 178 Å². The molecule has 0 spiro atoms. The first-order valence-electron chi connectivity index (χ1n) is 10.4. The molecule has 0 aromatic heterocycles. The molecule has 156 valence electrons. The van der Waals surface area contributed by atoms with Gasteiger partial charge in [0.15, 0.2) is 0 Å². The van der Waals surface area contributed by atoms with Crippen molar-refractivity contribution in [3.63, 3.8) is 0 Å². The Balaban J connectivity index is 0.000000239. The van der Waals surface area contributed by atoms with E-state index in [4.69, 9.17) is 4.74 Å². The number of ether oxygens (including phenoxy) is 1. The SMILES string of the molecule is C[C@@H]([NH3+])c1ccccc1.O=C([O-])[C@H]1CCCc2c(OCc3ccccc3)cccc21. The van der Waals surface area contributed by atoms with Crippen LogP contribution in [0.4, 0.5) is 0 Å². The number of carbonyl (C=O) groups is 1. The second kappa shape index (κ2) is 10.6. The van der Waals surface area contributed by atoms with Gasteiger partial charge in [-0.1, -0.05) is 72.8 Å². The molecule has 3 aromatic rings. The highest BCUT2D eigenvalue weighted by Gasteiger charge is 2.23. The van der Waals surface area contributed by atoms with Crippen LogP contribution in [0.15, 0.2) is 78.9 Å². The van der Waals surface area contributed by atoms with E-state index < -0.39 is 11.9 Å². The highest BCUT2D eigenvalue weighted by molar-refractivity contribution is 5.75. The summed E-state index contributed by atoms with van der Waals surface area (Å²) in [7, 11) is 0. The third-order valence-electron chi connectivity index (χ3n) is 5.35. The predicted molar refractivity (Wildman–Crippen MR) is 116 cm³/mol. The first-order valence-corrected chi connectivity index (χ1v) is 10.4. The minimum Gasteiger partial charge on any atom is -0.549 e. The van der Waals surface area contributed by atoms with Crippen LogP contribution in [0.25, 0.3) is 0 Å². The number of carbonyl (C=O) groups excluding carboxylic acids is 1. The molecule has 3 N–H and O–H groups in total. The number of hydrogen-bond donors (Lipinski definition) is 1. The van der Waals surface area contributed by atoms with E-state index >= 15 is 0 Å². The van der Waals surface area contributed by atoms with Crippen LogP contribution >= 0.6 is 0 Å². The van der Waals surface area contributed by atoms with E-state index in [1.54, 1.807) is 0 Å². The van der Waals surface area contributed by atoms with E-state index in [9.17, 15) is 9.90 Å². The fourth-order valence-electron chi connectivity index (χ4n) is 3.71. The van der Waals surface area contributed by atoms with Gasteiger partial charge < -0.3 is 20.4 Å². The molecule has 3 aromatic carbocycles. The standard InChI is InChI=1S/C18H18O3.C8H11N/c19-18(20)16-10-4-9-15-14(16)8-5-11-17(15)21-12-13-6-2-1-3-7-13;1-7(9)8-5-3-2-4-6-8/h1-3,5-8,11,16H,4,9-10,12H2,(H,19,20);2-7H,9H2,1H3/t16-;7-/m01/s1. The van der Waals surface area contributed by atoms with Gasteiger partial charge in [0.25, 0.3) is 0 Å². The monoisotopic (exact) mass is 403 g/mol. The van der Waals surface area contributed by atoms with Gasteiger partial charge in [-0.3, -0.25) is 0 Å². The van der Waals surface area contributed by atoms with Crippen LogP contribution in [-0.4, -0.2) is 5.97 Å². The smallest absolute Gasteiger partial charge is 0.123 e. The minimum absolute atomic E-state index is 0.409. The molecule has 0 unspecified atom stereocenters. The number of quaternary nitrogens is 1. The van der Waals surface area contributed by atoms with Gasteiger partial charge in [0, 0.05) is 17.5 Å². The van der Waals surface area contributed by atoms with Gasteiger partial charge in [-0.2, -0.15) is 0 Å². The van der Waals surface area contributed by atoms with Gasteiger partial charge in [-0.25, -0.2) is 0 Å². The van der Waals surface area contributed by atoms with Crippen molar-refractivity contribution < 1.29 is 20.4 Å². The number of benzene rings is 3. The summed E-state index contributed by atoms with van der Waals surface area (Å²) in [6.07, 6.45) is 2.37. The maximum Gasteiger partial charge on any atom is 0.123 e. The predicted octanol–water partition coefficient (Wildman–Crippen LogP) is 3.42. The summed E-state index contributed by atoms with van der Waals surface area (Å²) in [5, 5.41) is 11.3. The van der Waals surface area contributed by atoms with E-state index in [2.05, 4.69) is 24.8 Å². The lowest BCUT2D eigenvalue weighted by molar-refractivity contribution is -0.420. The van der Waals surface area contributed by atoms with Gasteiger partial charge in [0.2, 0.25) is 0 Å². The van der Waals surface area contributed by atoms with Gasteiger partial charge in [0.05, 0.1) is 0 Å². The van der Waals surface area contributed by atoms with E-state index in [1.807, 2.05) is 66.7 Å². The Bertz CT molecular complexity index is 939. The number of carboxylic acids is 1. The molecule has 0 radical (unpaired) electrons. The number of carboxylic acid groups (broad SMARTS) is 1. The molecular formula is C26H29NO3. The lowest BCUT2D eigenvalue weighted by atomic mass is 9.82. The van der Waals surface area contributed by atoms with Crippen molar-refractivity contribution in [3.05, 3.63) is 101 Å². The van der Waals surface area contributed by atoms with Crippen molar-refractivity contribution in [1.82, 2.24) is 0 Å². The Morgan fingerprint density at radius 3 is 2.30 bits per heavy atom. The molecule has 0 bridgehead atoms. The van der Waals surface area contributed by atoms with Crippen molar-refractivity contribution in [2.24, 2.45) is 0 Å². The van der Waals surface area contributed by atoms with Crippen molar-refractivity contribution in [2.75, 3.05) is 0 Å². The van der Waals surface area contributed by atoms with Crippen LogP contribution < -0.4 is 15.6 Å². The molecule has 4 nitrogen and oxygen atoms in total. The zero-order valence-corrected chi connectivity index (χ0v) is 17.4. The van der Waals surface area contributed by atoms with Crippen molar-refractivity contribution >= 4 is 5.97 Å². The van der Waals surface area contributed by atoms with Crippen molar-refractivity contribution in [1.29, 1.82) is 0 Å². The van der Waals surface area contributed by atoms with Gasteiger partial charge in [0.1, 0.15) is 18.4 Å². The summed E-state index contributed by atoms with van der Waals surface area (Å²) in [6.45, 7) is 2.59. The lowest BCUT2D eigenvalue weighted by Crippen LogP contribution is -2.51. The minimum atomic E-state index is -0.990. The lowest BCUT2D eigenvalue weighted by Gasteiger charge is -2.27. The number of hydrogen-bond acceptors (Lipinski definition) is 3. The van der Waals surface area contributed by atoms with Gasteiger partial charge >= 0.3 is 0 Å². The number of aliphatic carboxylic acids is 1. The second-order valence-electron chi connectivity index (χ2n) is 7.67. The zero-order chi connectivity index (χ0) is 21.3. The molecule has 4 rings (SSSR count). The van der Waals surface area contributed by atoms with Gasteiger partial charge in [-0.05, 0) is 48.9 Å². The molecule has 2 atom stereocenters. The van der Waals surface area contributed by atoms with Crippen molar-refractivity contribution in [3.8, 4) is 5.75 Å². The van der Waals surface area contributed by atoms with Crippen LogP contribution in [0.5, 0.6) is 5.75 Å². The average molecular weight is 404 g/mol. The Kier molecular flexibility index (Phi) is 7.63. The summed E-state index contributed by atoms with van der Waals surface area (Å²) >= 11 is 0. The third-order valence-corrected chi connectivity index (χ3v) is 5.35. The van der Waals surface area contributed by atoms with Crippen LogP contribution in [0, 0.1) is 0 Å². The molecule has 1 aliphatic rings. The van der Waals surface area contributed by atoms with Crippen LogP contribution in [0.3, 0.4) is 0 Å². The molecule has 0 saturated heterocycles. The van der Waals surface area contributed by atoms with E-state index in [0.29, 0.717) is 19.1 Å². The molecule has 0 saturated carbocycles. The molecule has 0 fully saturated rings. The van der Waals surface area contributed by atoms with Crippen LogP contribution in [0.1, 0.15) is 54.0 Å². The van der Waals surface area contributed by atoms with Crippen molar-refractivity contribution in [2.45, 2.75) is 44.8 Å². The molecule has 0 heterocycles. The normalized spacial score (nSPS) is 15.9. The maximum absolute atomic E-state index is 11.3. The van der Waals surface area contributed by atoms with Gasteiger partial charge in [-0.15, -0.1) is 0 Å². The summed E-state index contributed by atoms with van der Waals surface area (Å²) in [6, 6.07) is 26.3. The fraction of sp³-hybridized carbons (Fsp3) is 0.269. The summed E-state index contributed by atoms with van der Waals surface area (Å²) in [5.41, 5.74) is 8.19. The topological polar surface area (TPSA) is 77.0 Å². The third kappa shape index (κ3) is 5.71. The Morgan fingerprint density at radius 1 is 1.03 bits per heavy atom. The van der Waals surface area contributed by atoms with E-state index in [-0.39, 0.29) is 0 Å². The number of rotatable bonds is 5. The largest absolute Gasteiger partial charge is 0.549 e. The summed E-state index contributed by atoms with van der Waals surface area (Å²) in [5.74, 6) is -0.701. The van der Waals surface area contributed by atoms with Crippen LogP contribution in [0.2, 0.25) is 0 Å². The van der Waals surface area contributed by atoms with Crippen LogP contribution in [-0.2, 0) is 17.8 Å². The average Bonchev–Trinajstić information content (AvgIpc) is 2.79. The molecule has 0 amide bonds.